The number of hydrogen-bond acceptors (Lipinski definition) is 4. The Labute approximate surface area is 123 Å². The van der Waals surface area contributed by atoms with Crippen LogP contribution in [-0.4, -0.2) is 12.5 Å². The number of benzene rings is 2. The van der Waals surface area contributed by atoms with Crippen LogP contribution in [0.5, 0.6) is 11.5 Å². The molecule has 1 atom stereocenters. The zero-order valence-corrected chi connectivity index (χ0v) is 11.9. The van der Waals surface area contributed by atoms with Crippen molar-refractivity contribution >= 4 is 11.8 Å². The van der Waals surface area contributed by atoms with Crippen molar-refractivity contribution in [3.05, 3.63) is 59.7 Å². The monoisotopic (exact) mass is 287 g/mol. The van der Waals surface area contributed by atoms with E-state index in [4.69, 9.17) is 15.2 Å². The first-order valence-corrected chi connectivity index (χ1v) is 7.75. The summed E-state index contributed by atoms with van der Waals surface area (Å²) in [5.41, 5.74) is 8.66. The highest BCUT2D eigenvalue weighted by Gasteiger charge is 2.15. The first-order chi connectivity index (χ1) is 9.83. The summed E-state index contributed by atoms with van der Waals surface area (Å²) >= 11 is 1.85. The first kappa shape index (κ1) is 13.3. The van der Waals surface area contributed by atoms with Gasteiger partial charge in [0.25, 0.3) is 0 Å². The molecular formula is C16H17NO2S. The van der Waals surface area contributed by atoms with Crippen LogP contribution in [0.25, 0.3) is 0 Å². The predicted molar refractivity (Wildman–Crippen MR) is 82.1 cm³/mol. The molecule has 1 heterocycles. The van der Waals surface area contributed by atoms with Gasteiger partial charge in [-0.25, -0.2) is 0 Å². The lowest BCUT2D eigenvalue weighted by atomic mass is 10.1. The summed E-state index contributed by atoms with van der Waals surface area (Å²) in [7, 11) is 0. The topological polar surface area (TPSA) is 44.5 Å². The summed E-state index contributed by atoms with van der Waals surface area (Å²) in [4.78, 5) is 0. The highest BCUT2D eigenvalue weighted by molar-refractivity contribution is 7.98. The lowest BCUT2D eigenvalue weighted by molar-refractivity contribution is 0.174. The maximum Gasteiger partial charge on any atom is 0.231 e. The second-order valence-electron chi connectivity index (χ2n) is 4.72. The second-order valence-corrected chi connectivity index (χ2v) is 5.75. The van der Waals surface area contributed by atoms with Gasteiger partial charge >= 0.3 is 0 Å². The van der Waals surface area contributed by atoms with E-state index in [0.717, 1.165) is 28.6 Å². The summed E-state index contributed by atoms with van der Waals surface area (Å²) in [6, 6.07) is 16.4. The highest BCUT2D eigenvalue weighted by Crippen LogP contribution is 2.34. The van der Waals surface area contributed by atoms with Gasteiger partial charge in [-0.05, 0) is 23.3 Å². The van der Waals surface area contributed by atoms with Crippen LogP contribution < -0.4 is 15.2 Å². The minimum absolute atomic E-state index is 0.0122. The van der Waals surface area contributed by atoms with E-state index in [2.05, 4.69) is 24.3 Å². The highest BCUT2D eigenvalue weighted by atomic mass is 32.2. The molecule has 1 unspecified atom stereocenters. The summed E-state index contributed by atoms with van der Waals surface area (Å²) in [5, 5.41) is 0. The van der Waals surface area contributed by atoms with Gasteiger partial charge in [-0.2, -0.15) is 11.8 Å². The molecule has 0 fully saturated rings. The smallest absolute Gasteiger partial charge is 0.231 e. The van der Waals surface area contributed by atoms with Crippen molar-refractivity contribution in [1.29, 1.82) is 0 Å². The molecule has 1 aliphatic heterocycles. The Bertz CT molecular complexity index is 574. The molecule has 0 saturated heterocycles. The lowest BCUT2D eigenvalue weighted by Gasteiger charge is -2.12. The Morgan fingerprint density at radius 1 is 1.05 bits per heavy atom. The molecule has 3 rings (SSSR count). The third-order valence-corrected chi connectivity index (χ3v) is 4.37. The van der Waals surface area contributed by atoms with Gasteiger partial charge < -0.3 is 15.2 Å². The van der Waals surface area contributed by atoms with Crippen molar-refractivity contribution < 1.29 is 9.47 Å². The molecular weight excluding hydrogens is 270 g/mol. The normalized spacial score (nSPS) is 14.2. The summed E-state index contributed by atoms with van der Waals surface area (Å²) in [6.45, 7) is 0.302. The predicted octanol–water partition coefficient (Wildman–Crippen LogP) is 3.35. The van der Waals surface area contributed by atoms with Gasteiger partial charge in [-0.15, -0.1) is 0 Å². The summed E-state index contributed by atoms with van der Waals surface area (Å²) < 4.78 is 10.7. The van der Waals surface area contributed by atoms with Crippen molar-refractivity contribution in [3.63, 3.8) is 0 Å². The van der Waals surface area contributed by atoms with E-state index in [1.165, 1.54) is 5.56 Å². The molecule has 0 saturated carbocycles. The Balaban J connectivity index is 1.55. The fourth-order valence-electron chi connectivity index (χ4n) is 2.12. The Hall–Kier alpha value is -1.65. The SMILES string of the molecule is NC(CSCc1ccccc1)c1ccc2c(c1)OCO2. The van der Waals surface area contributed by atoms with Crippen molar-refractivity contribution in [2.24, 2.45) is 5.73 Å². The second kappa shape index (κ2) is 6.20. The molecule has 104 valence electrons. The first-order valence-electron chi connectivity index (χ1n) is 6.60. The fourth-order valence-corrected chi connectivity index (χ4v) is 3.11. The largest absolute Gasteiger partial charge is 0.454 e. The lowest BCUT2D eigenvalue weighted by Crippen LogP contribution is -2.13. The van der Waals surface area contributed by atoms with Gasteiger partial charge in [0.15, 0.2) is 11.5 Å². The molecule has 1 aliphatic rings. The molecule has 0 aliphatic carbocycles. The third-order valence-electron chi connectivity index (χ3n) is 3.23. The quantitative estimate of drug-likeness (QED) is 0.916. The molecule has 2 N–H and O–H groups in total. The van der Waals surface area contributed by atoms with Crippen molar-refractivity contribution in [1.82, 2.24) is 0 Å². The molecule has 0 radical (unpaired) electrons. The van der Waals surface area contributed by atoms with Gasteiger partial charge in [-0.1, -0.05) is 36.4 Å². The Morgan fingerprint density at radius 3 is 2.70 bits per heavy atom. The average Bonchev–Trinajstić information content (AvgIpc) is 2.95. The molecule has 2 aromatic rings. The number of rotatable bonds is 5. The summed E-state index contributed by atoms with van der Waals surface area (Å²) in [6.07, 6.45) is 0. The fraction of sp³-hybridized carbons (Fsp3) is 0.250. The van der Waals surface area contributed by atoms with E-state index in [9.17, 15) is 0 Å². The van der Waals surface area contributed by atoms with Crippen molar-refractivity contribution in [2.45, 2.75) is 11.8 Å². The third kappa shape index (κ3) is 3.08. The van der Waals surface area contributed by atoms with E-state index in [-0.39, 0.29) is 6.04 Å². The molecule has 20 heavy (non-hydrogen) atoms. The number of fused-ring (bicyclic) bond motifs is 1. The molecule has 0 amide bonds. The van der Waals surface area contributed by atoms with E-state index in [1.807, 2.05) is 36.0 Å². The number of thioether (sulfide) groups is 1. The number of nitrogens with two attached hydrogens (primary N) is 1. The molecule has 3 nitrogen and oxygen atoms in total. The minimum Gasteiger partial charge on any atom is -0.454 e. The van der Waals surface area contributed by atoms with Gasteiger partial charge in [0.1, 0.15) is 0 Å². The van der Waals surface area contributed by atoms with Crippen LogP contribution in [0.15, 0.2) is 48.5 Å². The Kier molecular flexibility index (Phi) is 4.14. The zero-order chi connectivity index (χ0) is 13.8. The molecule has 0 spiro atoms. The van der Waals surface area contributed by atoms with Crippen molar-refractivity contribution in [2.75, 3.05) is 12.5 Å². The number of ether oxygens (including phenoxy) is 2. The van der Waals surface area contributed by atoms with Crippen LogP contribution >= 0.6 is 11.8 Å². The minimum atomic E-state index is 0.0122. The molecule has 0 aromatic heterocycles. The van der Waals surface area contributed by atoms with Gasteiger partial charge in [0.2, 0.25) is 6.79 Å². The van der Waals surface area contributed by atoms with Gasteiger partial charge in [0.05, 0.1) is 0 Å². The molecule has 2 aromatic carbocycles. The van der Waals surface area contributed by atoms with Crippen LogP contribution in [0.4, 0.5) is 0 Å². The van der Waals surface area contributed by atoms with Crippen LogP contribution in [0.1, 0.15) is 17.2 Å². The van der Waals surface area contributed by atoms with E-state index < -0.39 is 0 Å². The average molecular weight is 287 g/mol. The molecule has 4 heteroatoms. The molecule has 0 bridgehead atoms. The van der Waals surface area contributed by atoms with Gasteiger partial charge in [0, 0.05) is 17.5 Å². The number of hydrogen-bond donors (Lipinski definition) is 1. The standard InChI is InChI=1S/C16H17NO2S/c17-14(10-20-9-12-4-2-1-3-5-12)13-6-7-15-16(8-13)19-11-18-15/h1-8,14H,9-11,17H2. The Morgan fingerprint density at radius 2 is 1.85 bits per heavy atom. The van der Waals surface area contributed by atoms with E-state index >= 15 is 0 Å². The maximum absolute atomic E-state index is 6.24. The van der Waals surface area contributed by atoms with E-state index in [1.54, 1.807) is 0 Å². The van der Waals surface area contributed by atoms with Crippen LogP contribution in [0, 0.1) is 0 Å². The van der Waals surface area contributed by atoms with Crippen LogP contribution in [0.3, 0.4) is 0 Å². The van der Waals surface area contributed by atoms with Crippen LogP contribution in [-0.2, 0) is 5.75 Å². The van der Waals surface area contributed by atoms with Crippen LogP contribution in [0.2, 0.25) is 0 Å². The zero-order valence-electron chi connectivity index (χ0n) is 11.1. The van der Waals surface area contributed by atoms with Gasteiger partial charge in [-0.3, -0.25) is 0 Å². The van der Waals surface area contributed by atoms with Crippen molar-refractivity contribution in [3.8, 4) is 11.5 Å². The van der Waals surface area contributed by atoms with E-state index in [0.29, 0.717) is 6.79 Å². The maximum atomic E-state index is 6.24. The summed E-state index contributed by atoms with van der Waals surface area (Å²) in [5.74, 6) is 3.47.